The lowest BCUT2D eigenvalue weighted by molar-refractivity contribution is 0.172. The van der Waals surface area contributed by atoms with Gasteiger partial charge >= 0.3 is 0 Å². The first-order valence-electron chi connectivity index (χ1n) is 8.21. The number of ether oxygens (including phenoxy) is 2. The lowest BCUT2D eigenvalue weighted by atomic mass is 10.0. The van der Waals surface area contributed by atoms with E-state index in [2.05, 4.69) is 34.8 Å². The number of hydrogen-bond acceptors (Lipinski definition) is 5. The van der Waals surface area contributed by atoms with Crippen molar-refractivity contribution in [2.45, 2.75) is 44.8 Å². The van der Waals surface area contributed by atoms with Crippen molar-refractivity contribution in [3.8, 4) is 5.75 Å². The molecule has 122 valence electrons. The van der Waals surface area contributed by atoms with E-state index in [0.29, 0.717) is 18.7 Å². The van der Waals surface area contributed by atoms with Crippen molar-refractivity contribution in [2.24, 2.45) is 0 Å². The zero-order chi connectivity index (χ0) is 15.5. The Kier molecular flexibility index (Phi) is 4.86. The summed E-state index contributed by atoms with van der Waals surface area (Å²) in [5.74, 6) is 0.973. The van der Waals surface area contributed by atoms with Gasteiger partial charge in [0, 0.05) is 45.8 Å². The van der Waals surface area contributed by atoms with E-state index in [9.17, 15) is 0 Å². The topological polar surface area (TPSA) is 45.8 Å². The zero-order valence-corrected chi connectivity index (χ0v) is 13.8. The monoisotopic (exact) mass is 305 g/mol. The lowest BCUT2D eigenvalue weighted by Crippen LogP contribution is -2.27. The average molecular weight is 305 g/mol. The minimum atomic E-state index is 0.366. The highest BCUT2D eigenvalue weighted by Crippen LogP contribution is 2.38. The van der Waals surface area contributed by atoms with Crippen LogP contribution in [-0.4, -0.2) is 33.4 Å². The standard InChI is InChI=1S/C17H27N3O2/c1-12(19-15-5-6-15)13-9-14-11-18-20(2)17(14)16(10-13)22-8-4-7-21-3/h9-10,12,15,18-19H,4-8,11H2,1-3H3. The normalized spacial score (nSPS) is 18.4. The van der Waals surface area contributed by atoms with E-state index in [4.69, 9.17) is 9.47 Å². The number of hydrogen-bond donors (Lipinski definition) is 2. The number of methoxy groups -OCH3 is 1. The maximum absolute atomic E-state index is 6.04. The number of anilines is 1. The third-order valence-electron chi connectivity index (χ3n) is 4.33. The largest absolute Gasteiger partial charge is 0.491 e. The first-order valence-corrected chi connectivity index (χ1v) is 8.21. The summed E-state index contributed by atoms with van der Waals surface area (Å²) in [7, 11) is 3.76. The molecule has 1 atom stereocenters. The molecule has 1 heterocycles. The van der Waals surface area contributed by atoms with Crippen LogP contribution < -0.4 is 20.5 Å². The van der Waals surface area contributed by atoms with E-state index in [-0.39, 0.29) is 0 Å². The van der Waals surface area contributed by atoms with Gasteiger partial charge in [0.05, 0.1) is 12.3 Å². The Morgan fingerprint density at radius 3 is 2.91 bits per heavy atom. The fraction of sp³-hybridized carbons (Fsp3) is 0.647. The highest BCUT2D eigenvalue weighted by Gasteiger charge is 2.26. The average Bonchev–Trinajstić information content (AvgIpc) is 3.25. The van der Waals surface area contributed by atoms with Gasteiger partial charge in [0.1, 0.15) is 5.75 Å². The molecule has 0 aromatic heterocycles. The van der Waals surface area contributed by atoms with Crippen LogP contribution in [0.2, 0.25) is 0 Å². The van der Waals surface area contributed by atoms with Crippen LogP contribution in [0.5, 0.6) is 5.75 Å². The summed E-state index contributed by atoms with van der Waals surface area (Å²) < 4.78 is 11.1. The Morgan fingerprint density at radius 2 is 2.18 bits per heavy atom. The molecule has 0 amide bonds. The Labute approximate surface area is 132 Å². The molecule has 5 nitrogen and oxygen atoms in total. The molecule has 1 aliphatic carbocycles. The predicted octanol–water partition coefficient (Wildman–Crippen LogP) is 2.37. The van der Waals surface area contributed by atoms with E-state index in [1.54, 1.807) is 7.11 Å². The van der Waals surface area contributed by atoms with Gasteiger partial charge in [-0.15, -0.1) is 0 Å². The number of hydrazine groups is 1. The van der Waals surface area contributed by atoms with Crippen LogP contribution in [0, 0.1) is 0 Å². The molecule has 1 saturated carbocycles. The SMILES string of the molecule is COCCCOc1cc(C(C)NC2CC2)cc2c1N(C)NC2. The molecule has 0 radical (unpaired) electrons. The molecule has 1 aromatic carbocycles. The van der Waals surface area contributed by atoms with Crippen LogP contribution in [0.15, 0.2) is 12.1 Å². The van der Waals surface area contributed by atoms with Gasteiger partial charge in [0.15, 0.2) is 0 Å². The predicted molar refractivity (Wildman–Crippen MR) is 88.2 cm³/mol. The van der Waals surface area contributed by atoms with Crippen LogP contribution in [0.1, 0.15) is 43.4 Å². The van der Waals surface area contributed by atoms with Crippen molar-refractivity contribution in [2.75, 3.05) is 32.4 Å². The summed E-state index contributed by atoms with van der Waals surface area (Å²) >= 11 is 0. The van der Waals surface area contributed by atoms with Crippen molar-refractivity contribution in [1.82, 2.24) is 10.7 Å². The number of nitrogens with one attached hydrogen (secondary N) is 2. The lowest BCUT2D eigenvalue weighted by Gasteiger charge is -2.20. The van der Waals surface area contributed by atoms with Gasteiger partial charge in [-0.2, -0.15) is 0 Å². The van der Waals surface area contributed by atoms with Gasteiger partial charge in [0.2, 0.25) is 0 Å². The molecule has 2 N–H and O–H groups in total. The second-order valence-corrected chi connectivity index (χ2v) is 6.28. The van der Waals surface area contributed by atoms with Crippen LogP contribution >= 0.6 is 0 Å². The fourth-order valence-corrected chi connectivity index (χ4v) is 2.93. The van der Waals surface area contributed by atoms with Gasteiger partial charge in [-0.05, 0) is 37.0 Å². The van der Waals surface area contributed by atoms with Crippen LogP contribution in [0.4, 0.5) is 5.69 Å². The maximum Gasteiger partial charge on any atom is 0.144 e. The van der Waals surface area contributed by atoms with Crippen LogP contribution in [0.25, 0.3) is 0 Å². The minimum Gasteiger partial charge on any atom is -0.491 e. The minimum absolute atomic E-state index is 0.366. The second-order valence-electron chi connectivity index (χ2n) is 6.28. The molecule has 1 unspecified atom stereocenters. The van der Waals surface area contributed by atoms with Crippen LogP contribution in [-0.2, 0) is 11.3 Å². The Hall–Kier alpha value is -1.30. The van der Waals surface area contributed by atoms with E-state index < -0.39 is 0 Å². The van der Waals surface area contributed by atoms with Crippen molar-refractivity contribution in [3.05, 3.63) is 23.3 Å². The van der Waals surface area contributed by atoms with E-state index in [0.717, 1.165) is 25.3 Å². The molecule has 1 aromatic rings. The fourth-order valence-electron chi connectivity index (χ4n) is 2.93. The third kappa shape index (κ3) is 3.54. The van der Waals surface area contributed by atoms with E-state index >= 15 is 0 Å². The summed E-state index contributed by atoms with van der Waals surface area (Å²) in [6, 6.07) is 5.56. The molecular weight excluding hydrogens is 278 g/mol. The molecule has 5 heteroatoms. The van der Waals surface area contributed by atoms with Crippen molar-refractivity contribution in [1.29, 1.82) is 0 Å². The van der Waals surface area contributed by atoms with Crippen molar-refractivity contribution >= 4 is 5.69 Å². The molecular formula is C17H27N3O2. The molecule has 3 rings (SSSR count). The number of benzene rings is 1. The summed E-state index contributed by atoms with van der Waals surface area (Å²) in [5, 5.41) is 5.73. The van der Waals surface area contributed by atoms with Crippen molar-refractivity contribution in [3.63, 3.8) is 0 Å². The van der Waals surface area contributed by atoms with Crippen molar-refractivity contribution < 1.29 is 9.47 Å². The Morgan fingerprint density at radius 1 is 1.36 bits per heavy atom. The Balaban J connectivity index is 1.77. The van der Waals surface area contributed by atoms with Gasteiger partial charge in [-0.3, -0.25) is 0 Å². The number of nitrogens with zero attached hydrogens (tertiary/aromatic N) is 1. The van der Waals surface area contributed by atoms with Gasteiger partial charge in [0.25, 0.3) is 0 Å². The van der Waals surface area contributed by atoms with Gasteiger partial charge in [-0.25, -0.2) is 5.43 Å². The van der Waals surface area contributed by atoms with E-state index in [1.165, 1.54) is 29.7 Å². The highest BCUT2D eigenvalue weighted by atomic mass is 16.5. The Bertz CT molecular complexity index is 517. The maximum atomic E-state index is 6.04. The first kappa shape index (κ1) is 15.6. The van der Waals surface area contributed by atoms with Gasteiger partial charge < -0.3 is 19.8 Å². The molecule has 1 aliphatic heterocycles. The van der Waals surface area contributed by atoms with E-state index in [1.807, 2.05) is 7.05 Å². The molecule has 1 fully saturated rings. The quantitative estimate of drug-likeness (QED) is 0.722. The van der Waals surface area contributed by atoms with Gasteiger partial charge in [-0.1, -0.05) is 6.07 Å². The first-order chi connectivity index (χ1) is 10.7. The highest BCUT2D eigenvalue weighted by molar-refractivity contribution is 5.67. The number of fused-ring (bicyclic) bond motifs is 1. The van der Waals surface area contributed by atoms with Crippen LogP contribution in [0.3, 0.4) is 0 Å². The number of rotatable bonds is 8. The summed E-state index contributed by atoms with van der Waals surface area (Å²) in [6.45, 7) is 4.52. The zero-order valence-electron chi connectivity index (χ0n) is 13.8. The molecule has 2 aliphatic rings. The smallest absolute Gasteiger partial charge is 0.144 e. The molecule has 0 spiro atoms. The molecule has 0 bridgehead atoms. The molecule has 22 heavy (non-hydrogen) atoms. The summed E-state index contributed by atoms with van der Waals surface area (Å²) in [5.41, 5.74) is 7.14. The molecule has 0 saturated heterocycles. The summed E-state index contributed by atoms with van der Waals surface area (Å²) in [4.78, 5) is 0. The summed E-state index contributed by atoms with van der Waals surface area (Å²) in [6.07, 6.45) is 3.52. The second kappa shape index (κ2) is 6.86. The third-order valence-corrected chi connectivity index (χ3v) is 4.33.